The van der Waals surface area contributed by atoms with Crippen LogP contribution in [0, 0.1) is 0 Å². The predicted octanol–water partition coefficient (Wildman–Crippen LogP) is 2.78. The number of halogens is 1. The molecule has 28 heavy (non-hydrogen) atoms. The number of carbonyl (C=O) groups is 1. The molecule has 0 spiro atoms. The van der Waals surface area contributed by atoms with Crippen LogP contribution in [0.4, 0.5) is 4.79 Å². The van der Waals surface area contributed by atoms with Crippen molar-refractivity contribution in [3.05, 3.63) is 28.8 Å². The number of aryl methyl sites for hydroxylation is 1. The maximum Gasteiger partial charge on any atom is 0.409 e. The molecule has 1 aromatic rings. The van der Waals surface area contributed by atoms with Gasteiger partial charge in [-0.15, -0.1) is 24.0 Å². The van der Waals surface area contributed by atoms with Gasteiger partial charge in [0, 0.05) is 38.3 Å². The molecule has 1 aromatic carbocycles. The summed E-state index contributed by atoms with van der Waals surface area (Å²) >= 11 is 0. The standard InChI is InChI=1S/C20H30N4O3.HI/c1-21-19(23-15-9-11-24(12-10-15)20(26)27-2)22-13-17-16-6-4-3-5-14(16)7-8-18(17)25;/h7-8,15,25H,3-6,9-13H2,1-2H3,(H2,21,22,23);1H. The summed E-state index contributed by atoms with van der Waals surface area (Å²) in [6.45, 7) is 1.90. The van der Waals surface area contributed by atoms with Crippen molar-refractivity contribution in [2.75, 3.05) is 27.2 Å². The second kappa shape index (κ2) is 10.7. The number of ether oxygens (including phenoxy) is 1. The highest BCUT2D eigenvalue weighted by molar-refractivity contribution is 14.0. The molecule has 1 amide bonds. The Bertz CT molecular complexity index is 703. The lowest BCUT2D eigenvalue weighted by molar-refractivity contribution is 0.111. The molecule has 1 aliphatic carbocycles. The number of phenolic OH excluding ortho intramolecular Hbond substituents is 1. The minimum atomic E-state index is -0.264. The van der Waals surface area contributed by atoms with Crippen molar-refractivity contribution in [2.24, 2.45) is 4.99 Å². The third kappa shape index (κ3) is 5.42. The van der Waals surface area contributed by atoms with Crippen LogP contribution >= 0.6 is 24.0 Å². The molecule has 0 aromatic heterocycles. The van der Waals surface area contributed by atoms with E-state index in [1.54, 1.807) is 18.0 Å². The molecular formula is C20H31IN4O3. The molecule has 1 fully saturated rings. The summed E-state index contributed by atoms with van der Waals surface area (Å²) in [6, 6.07) is 4.12. The molecule has 3 rings (SSSR count). The lowest BCUT2D eigenvalue weighted by Crippen LogP contribution is -2.49. The number of hydrogen-bond acceptors (Lipinski definition) is 4. The second-order valence-electron chi connectivity index (χ2n) is 7.21. The summed E-state index contributed by atoms with van der Waals surface area (Å²) in [6.07, 6.45) is 5.95. The monoisotopic (exact) mass is 502 g/mol. The van der Waals surface area contributed by atoms with Gasteiger partial charge >= 0.3 is 6.09 Å². The molecule has 3 N–H and O–H groups in total. The molecule has 0 atom stereocenters. The smallest absolute Gasteiger partial charge is 0.409 e. The Balaban J connectivity index is 0.00000280. The van der Waals surface area contributed by atoms with E-state index in [4.69, 9.17) is 4.74 Å². The zero-order chi connectivity index (χ0) is 19.2. The number of carbonyl (C=O) groups excluding carboxylic acids is 1. The van der Waals surface area contributed by atoms with Crippen molar-refractivity contribution in [2.45, 2.75) is 51.1 Å². The highest BCUT2D eigenvalue weighted by Crippen LogP contribution is 2.30. The molecule has 8 heteroatoms. The van der Waals surface area contributed by atoms with E-state index in [1.165, 1.54) is 31.1 Å². The van der Waals surface area contributed by atoms with Gasteiger partial charge in [-0.25, -0.2) is 4.79 Å². The van der Waals surface area contributed by atoms with Crippen LogP contribution in [0.2, 0.25) is 0 Å². The van der Waals surface area contributed by atoms with E-state index in [9.17, 15) is 9.90 Å². The number of nitrogens with zero attached hydrogens (tertiary/aromatic N) is 2. The zero-order valence-electron chi connectivity index (χ0n) is 16.7. The summed E-state index contributed by atoms with van der Waals surface area (Å²) in [5.41, 5.74) is 3.63. The summed E-state index contributed by atoms with van der Waals surface area (Å²) in [5, 5.41) is 17.1. The van der Waals surface area contributed by atoms with E-state index in [-0.39, 0.29) is 36.1 Å². The first-order chi connectivity index (χ1) is 13.1. The van der Waals surface area contributed by atoms with E-state index in [1.807, 2.05) is 0 Å². The number of aromatic hydroxyl groups is 1. The quantitative estimate of drug-likeness (QED) is 0.336. The Morgan fingerprint density at radius 2 is 2.00 bits per heavy atom. The van der Waals surface area contributed by atoms with E-state index in [0.717, 1.165) is 37.2 Å². The molecular weight excluding hydrogens is 471 g/mol. The van der Waals surface area contributed by atoms with Gasteiger partial charge in [-0.05, 0) is 55.7 Å². The number of likely N-dealkylation sites (tertiary alicyclic amines) is 1. The number of rotatable bonds is 3. The van der Waals surface area contributed by atoms with Gasteiger partial charge in [-0.3, -0.25) is 4.99 Å². The van der Waals surface area contributed by atoms with Gasteiger partial charge in [-0.1, -0.05) is 6.07 Å². The molecule has 1 heterocycles. The van der Waals surface area contributed by atoms with Crippen molar-refractivity contribution in [3.63, 3.8) is 0 Å². The van der Waals surface area contributed by atoms with Crippen LogP contribution in [0.25, 0.3) is 0 Å². The lowest BCUT2D eigenvalue weighted by Gasteiger charge is -2.32. The number of aliphatic imine (C=N–C) groups is 1. The number of guanidine groups is 1. The fraction of sp³-hybridized carbons (Fsp3) is 0.600. The van der Waals surface area contributed by atoms with E-state index in [0.29, 0.717) is 25.4 Å². The highest BCUT2D eigenvalue weighted by atomic mass is 127. The first-order valence-electron chi connectivity index (χ1n) is 9.75. The summed E-state index contributed by atoms with van der Waals surface area (Å²) in [7, 11) is 3.16. The number of nitrogens with one attached hydrogen (secondary N) is 2. The van der Waals surface area contributed by atoms with Crippen molar-refractivity contribution in [1.29, 1.82) is 0 Å². The maximum atomic E-state index is 11.6. The molecule has 1 saturated heterocycles. The van der Waals surface area contributed by atoms with Gasteiger partial charge in [0.05, 0.1) is 7.11 Å². The first kappa shape index (κ1) is 22.6. The van der Waals surface area contributed by atoms with Gasteiger partial charge < -0.3 is 25.4 Å². The Morgan fingerprint density at radius 1 is 1.29 bits per heavy atom. The number of amides is 1. The van der Waals surface area contributed by atoms with Crippen LogP contribution < -0.4 is 10.6 Å². The largest absolute Gasteiger partial charge is 0.508 e. The van der Waals surface area contributed by atoms with E-state index in [2.05, 4.69) is 21.7 Å². The minimum Gasteiger partial charge on any atom is -0.508 e. The number of piperidine rings is 1. The Hall–Kier alpha value is -1.71. The van der Waals surface area contributed by atoms with Crippen LogP contribution in [0.1, 0.15) is 42.4 Å². The van der Waals surface area contributed by atoms with Gasteiger partial charge in [0.25, 0.3) is 0 Å². The SMILES string of the molecule is CN=C(NCc1c(O)ccc2c1CCCC2)NC1CCN(C(=O)OC)CC1.I. The fourth-order valence-electron chi connectivity index (χ4n) is 3.98. The number of fused-ring (bicyclic) bond motifs is 1. The van der Waals surface area contributed by atoms with E-state index < -0.39 is 0 Å². The van der Waals surface area contributed by atoms with Crippen molar-refractivity contribution < 1.29 is 14.6 Å². The van der Waals surface area contributed by atoms with Crippen LogP contribution in [-0.2, 0) is 24.1 Å². The molecule has 156 valence electrons. The van der Waals surface area contributed by atoms with Gasteiger partial charge in [0.1, 0.15) is 5.75 Å². The summed E-state index contributed by atoms with van der Waals surface area (Å²) in [4.78, 5) is 17.6. The van der Waals surface area contributed by atoms with Crippen LogP contribution in [0.5, 0.6) is 5.75 Å². The van der Waals surface area contributed by atoms with E-state index >= 15 is 0 Å². The molecule has 0 bridgehead atoms. The topological polar surface area (TPSA) is 86.2 Å². The average Bonchev–Trinajstić information content (AvgIpc) is 2.72. The summed E-state index contributed by atoms with van der Waals surface area (Å²) in [5.74, 6) is 1.07. The number of phenols is 1. The predicted molar refractivity (Wildman–Crippen MR) is 120 cm³/mol. The second-order valence-corrected chi connectivity index (χ2v) is 7.21. The zero-order valence-corrected chi connectivity index (χ0v) is 19.0. The van der Waals surface area contributed by atoms with Crippen LogP contribution in [-0.4, -0.2) is 55.3 Å². The Morgan fingerprint density at radius 3 is 2.68 bits per heavy atom. The van der Waals surface area contributed by atoms with Gasteiger partial charge in [0.15, 0.2) is 5.96 Å². The average molecular weight is 502 g/mol. The maximum absolute atomic E-state index is 11.6. The Labute approximate surface area is 183 Å². The molecule has 0 saturated carbocycles. The van der Waals surface area contributed by atoms with Crippen molar-refractivity contribution in [3.8, 4) is 5.75 Å². The van der Waals surface area contributed by atoms with Crippen molar-refractivity contribution >= 4 is 36.0 Å². The normalized spacial score (nSPS) is 17.4. The fourth-order valence-corrected chi connectivity index (χ4v) is 3.98. The molecule has 7 nitrogen and oxygen atoms in total. The first-order valence-corrected chi connectivity index (χ1v) is 9.75. The summed E-state index contributed by atoms with van der Waals surface area (Å²) < 4.78 is 4.78. The van der Waals surface area contributed by atoms with Crippen LogP contribution in [0.3, 0.4) is 0 Å². The van der Waals surface area contributed by atoms with Gasteiger partial charge in [-0.2, -0.15) is 0 Å². The van der Waals surface area contributed by atoms with Gasteiger partial charge in [0.2, 0.25) is 0 Å². The molecule has 1 aliphatic heterocycles. The third-order valence-electron chi connectivity index (χ3n) is 5.55. The third-order valence-corrected chi connectivity index (χ3v) is 5.55. The Kier molecular flexibility index (Phi) is 8.65. The molecule has 0 unspecified atom stereocenters. The lowest BCUT2D eigenvalue weighted by atomic mass is 9.88. The van der Waals surface area contributed by atoms with Crippen molar-refractivity contribution in [1.82, 2.24) is 15.5 Å². The number of benzene rings is 1. The molecule has 0 radical (unpaired) electrons. The van der Waals surface area contributed by atoms with Crippen LogP contribution in [0.15, 0.2) is 17.1 Å². The number of hydrogen-bond donors (Lipinski definition) is 3. The highest BCUT2D eigenvalue weighted by Gasteiger charge is 2.24. The molecule has 2 aliphatic rings. The number of methoxy groups -OCH3 is 1. The minimum absolute atomic E-state index is 0.